The zero-order valence-electron chi connectivity index (χ0n) is 16.8. The lowest BCUT2D eigenvalue weighted by Gasteiger charge is -2.41. The molecule has 30 heavy (non-hydrogen) atoms. The summed E-state index contributed by atoms with van der Waals surface area (Å²) in [5, 5.41) is 9.13. The summed E-state index contributed by atoms with van der Waals surface area (Å²) in [6.07, 6.45) is -3.53. The van der Waals surface area contributed by atoms with E-state index >= 15 is 0 Å². The van der Waals surface area contributed by atoms with E-state index in [4.69, 9.17) is 17.5 Å². The molecule has 1 aromatic carbocycles. The van der Waals surface area contributed by atoms with Gasteiger partial charge in [0.15, 0.2) is 5.11 Å². The Bertz CT molecular complexity index is 946. The van der Waals surface area contributed by atoms with Gasteiger partial charge in [-0.3, -0.25) is 14.5 Å². The molecule has 2 fully saturated rings. The van der Waals surface area contributed by atoms with Crippen molar-refractivity contribution in [2.24, 2.45) is 0 Å². The molecule has 0 aromatic heterocycles. The number of nitriles is 1. The van der Waals surface area contributed by atoms with Gasteiger partial charge < -0.3 is 9.80 Å². The number of amides is 2. The molecular weight excluding hydrogens is 417 g/mol. The van der Waals surface area contributed by atoms with Crippen LogP contribution >= 0.6 is 12.2 Å². The van der Waals surface area contributed by atoms with Gasteiger partial charge in [-0.15, -0.1) is 0 Å². The number of thiocarbonyl (C=S) groups is 1. The lowest BCUT2D eigenvalue weighted by atomic mass is 9.96. The lowest BCUT2D eigenvalue weighted by Crippen LogP contribution is -2.54. The smallest absolute Gasteiger partial charge is 0.343 e. The number of hydrogen-bond acceptors (Lipinski definition) is 4. The Morgan fingerprint density at radius 1 is 1.27 bits per heavy atom. The SMILES string of the molecule is CC(=O)N1CCC(N2C(=S)N(c3ccc(C#N)c(C(F)(F)F)c3)C(=O)C2(C)C)CC1. The van der Waals surface area contributed by atoms with Crippen LogP contribution in [0.3, 0.4) is 0 Å². The highest BCUT2D eigenvalue weighted by atomic mass is 32.1. The molecule has 0 unspecified atom stereocenters. The van der Waals surface area contributed by atoms with E-state index in [0.29, 0.717) is 25.9 Å². The van der Waals surface area contributed by atoms with Crippen LogP contribution in [0.4, 0.5) is 18.9 Å². The van der Waals surface area contributed by atoms with Crippen LogP contribution in [0, 0.1) is 11.3 Å². The molecule has 0 N–H and O–H groups in total. The molecule has 0 aliphatic carbocycles. The number of benzene rings is 1. The van der Waals surface area contributed by atoms with Crippen LogP contribution in [0.5, 0.6) is 0 Å². The first-order chi connectivity index (χ1) is 13.9. The van der Waals surface area contributed by atoms with Gasteiger partial charge in [0, 0.05) is 26.1 Å². The predicted octanol–water partition coefficient (Wildman–Crippen LogP) is 3.30. The van der Waals surface area contributed by atoms with E-state index in [0.717, 1.165) is 17.0 Å². The number of piperidine rings is 1. The van der Waals surface area contributed by atoms with Crippen molar-refractivity contribution in [2.45, 2.75) is 51.4 Å². The molecule has 0 radical (unpaired) electrons. The Hall–Kier alpha value is -2.67. The molecule has 2 aliphatic heterocycles. The second-order valence-corrected chi connectivity index (χ2v) is 8.29. The summed E-state index contributed by atoms with van der Waals surface area (Å²) in [4.78, 5) is 29.4. The van der Waals surface area contributed by atoms with Crippen molar-refractivity contribution in [3.8, 4) is 6.07 Å². The van der Waals surface area contributed by atoms with E-state index < -0.39 is 28.7 Å². The fourth-order valence-electron chi connectivity index (χ4n) is 4.09. The van der Waals surface area contributed by atoms with E-state index in [1.807, 2.05) is 0 Å². The average Bonchev–Trinajstić information content (AvgIpc) is 2.85. The topological polar surface area (TPSA) is 67.7 Å². The summed E-state index contributed by atoms with van der Waals surface area (Å²) in [6.45, 7) is 5.93. The molecule has 160 valence electrons. The van der Waals surface area contributed by atoms with Gasteiger partial charge in [0.25, 0.3) is 5.91 Å². The molecule has 1 aromatic rings. The fraction of sp³-hybridized carbons (Fsp3) is 0.500. The minimum Gasteiger partial charge on any atom is -0.343 e. The summed E-state index contributed by atoms with van der Waals surface area (Å²) in [5.41, 5.74) is -2.69. The zero-order chi connectivity index (χ0) is 22.4. The lowest BCUT2D eigenvalue weighted by molar-refractivity contribution is -0.137. The second-order valence-electron chi connectivity index (χ2n) is 7.93. The maximum absolute atomic E-state index is 13.4. The van der Waals surface area contributed by atoms with Gasteiger partial charge in [-0.1, -0.05) is 0 Å². The minimum absolute atomic E-state index is 0.0203. The quantitative estimate of drug-likeness (QED) is 0.663. The van der Waals surface area contributed by atoms with Crippen molar-refractivity contribution >= 4 is 34.8 Å². The van der Waals surface area contributed by atoms with Crippen molar-refractivity contribution in [1.82, 2.24) is 9.80 Å². The Balaban J connectivity index is 1.95. The van der Waals surface area contributed by atoms with Gasteiger partial charge in [-0.25, -0.2) is 0 Å². The molecule has 2 aliphatic rings. The van der Waals surface area contributed by atoms with Crippen molar-refractivity contribution < 1.29 is 22.8 Å². The largest absolute Gasteiger partial charge is 0.417 e. The summed E-state index contributed by atoms with van der Waals surface area (Å²) in [6, 6.07) is 4.56. The van der Waals surface area contributed by atoms with Gasteiger partial charge in [0.2, 0.25) is 5.91 Å². The number of carbonyl (C=O) groups is 2. The number of carbonyl (C=O) groups excluding carboxylic acids is 2. The van der Waals surface area contributed by atoms with E-state index in [-0.39, 0.29) is 22.7 Å². The van der Waals surface area contributed by atoms with Crippen molar-refractivity contribution in [3.05, 3.63) is 29.3 Å². The van der Waals surface area contributed by atoms with Crippen LogP contribution in [0.15, 0.2) is 18.2 Å². The molecular formula is C20H21F3N4O2S. The van der Waals surface area contributed by atoms with Crippen LogP contribution in [-0.4, -0.2) is 51.4 Å². The van der Waals surface area contributed by atoms with Crippen LogP contribution in [0.25, 0.3) is 0 Å². The van der Waals surface area contributed by atoms with Crippen LogP contribution < -0.4 is 4.90 Å². The first kappa shape index (κ1) is 22.0. The molecule has 2 saturated heterocycles. The Labute approximate surface area is 177 Å². The van der Waals surface area contributed by atoms with Gasteiger partial charge >= 0.3 is 6.18 Å². The van der Waals surface area contributed by atoms with Crippen molar-refractivity contribution in [2.75, 3.05) is 18.0 Å². The molecule has 0 saturated carbocycles. The van der Waals surface area contributed by atoms with Crippen LogP contribution in [0.1, 0.15) is 44.7 Å². The van der Waals surface area contributed by atoms with Crippen LogP contribution in [0.2, 0.25) is 0 Å². The number of anilines is 1. The molecule has 6 nitrogen and oxygen atoms in total. The normalized spacial score (nSPS) is 20.0. The molecule has 2 amide bonds. The van der Waals surface area contributed by atoms with E-state index in [1.54, 1.807) is 23.6 Å². The molecule has 2 heterocycles. The Morgan fingerprint density at radius 3 is 2.37 bits per heavy atom. The highest BCUT2D eigenvalue weighted by Crippen LogP contribution is 2.39. The number of hydrogen-bond donors (Lipinski definition) is 0. The minimum atomic E-state index is -4.74. The Morgan fingerprint density at radius 2 is 1.87 bits per heavy atom. The summed E-state index contributed by atoms with van der Waals surface area (Å²) in [5.74, 6) is -0.453. The molecule has 10 heteroatoms. The zero-order valence-corrected chi connectivity index (χ0v) is 17.6. The highest BCUT2D eigenvalue weighted by Gasteiger charge is 2.52. The maximum atomic E-state index is 13.4. The first-order valence-electron chi connectivity index (χ1n) is 9.44. The standard InChI is InChI=1S/C20H21F3N4O2S/c1-12(28)25-8-6-14(7-9-25)27-18(30)26(17(29)19(27,2)3)15-5-4-13(11-24)16(10-15)20(21,22)23/h4-5,10,14H,6-9H2,1-3H3. The average molecular weight is 438 g/mol. The summed E-state index contributed by atoms with van der Waals surface area (Å²) in [7, 11) is 0. The maximum Gasteiger partial charge on any atom is 0.417 e. The van der Waals surface area contributed by atoms with E-state index in [9.17, 15) is 22.8 Å². The van der Waals surface area contributed by atoms with Gasteiger partial charge in [0.05, 0.1) is 22.9 Å². The number of rotatable bonds is 2. The number of likely N-dealkylation sites (tertiary alicyclic amines) is 1. The third-order valence-electron chi connectivity index (χ3n) is 5.69. The number of nitrogens with zero attached hydrogens (tertiary/aromatic N) is 4. The van der Waals surface area contributed by atoms with Crippen molar-refractivity contribution in [1.29, 1.82) is 5.26 Å². The van der Waals surface area contributed by atoms with E-state index in [2.05, 4.69) is 0 Å². The monoisotopic (exact) mass is 438 g/mol. The molecule has 0 spiro atoms. The van der Waals surface area contributed by atoms with Gasteiger partial charge in [-0.05, 0) is 57.1 Å². The second kappa shape index (κ2) is 7.54. The predicted molar refractivity (Wildman–Crippen MR) is 107 cm³/mol. The third-order valence-corrected chi connectivity index (χ3v) is 6.07. The summed E-state index contributed by atoms with van der Waals surface area (Å²) >= 11 is 5.53. The molecule has 0 bridgehead atoms. The molecule has 0 atom stereocenters. The van der Waals surface area contributed by atoms with Crippen molar-refractivity contribution in [3.63, 3.8) is 0 Å². The number of alkyl halides is 3. The van der Waals surface area contributed by atoms with E-state index in [1.165, 1.54) is 19.1 Å². The first-order valence-corrected chi connectivity index (χ1v) is 9.85. The highest BCUT2D eigenvalue weighted by molar-refractivity contribution is 7.80. The number of halogens is 3. The van der Waals surface area contributed by atoms with Gasteiger partial charge in [0.1, 0.15) is 5.54 Å². The fourth-order valence-corrected chi connectivity index (χ4v) is 4.66. The van der Waals surface area contributed by atoms with Gasteiger partial charge in [-0.2, -0.15) is 18.4 Å². The Kier molecular flexibility index (Phi) is 5.54. The molecule has 3 rings (SSSR count). The third kappa shape index (κ3) is 3.62. The van der Waals surface area contributed by atoms with Crippen LogP contribution in [-0.2, 0) is 15.8 Å². The summed E-state index contributed by atoms with van der Waals surface area (Å²) < 4.78 is 40.2.